The van der Waals surface area contributed by atoms with Gasteiger partial charge in [-0.25, -0.2) is 9.97 Å². The maximum atomic E-state index is 6.03. The highest BCUT2D eigenvalue weighted by atomic mass is 32.2. The third-order valence-electron chi connectivity index (χ3n) is 4.88. The lowest BCUT2D eigenvalue weighted by atomic mass is 9.70. The quantitative estimate of drug-likeness (QED) is 0.879. The fourth-order valence-electron chi connectivity index (χ4n) is 3.57. The van der Waals surface area contributed by atoms with E-state index in [0.717, 1.165) is 23.3 Å². The van der Waals surface area contributed by atoms with Crippen molar-refractivity contribution < 1.29 is 0 Å². The second-order valence-corrected chi connectivity index (χ2v) is 7.18. The zero-order chi connectivity index (χ0) is 15.2. The lowest BCUT2D eigenvalue weighted by molar-refractivity contribution is 0.292. The molecule has 2 aromatic rings. The topological polar surface area (TPSA) is 64.2 Å². The van der Waals surface area contributed by atoms with E-state index in [2.05, 4.69) is 35.1 Å². The van der Waals surface area contributed by atoms with E-state index in [-0.39, 0.29) is 5.54 Å². The number of fused-ring (bicyclic) bond motifs is 3. The number of aromatic nitrogens is 2. The van der Waals surface area contributed by atoms with Crippen molar-refractivity contribution in [2.75, 3.05) is 5.75 Å². The van der Waals surface area contributed by atoms with Gasteiger partial charge in [-0.2, -0.15) is 0 Å². The number of aryl methyl sites for hydroxylation is 1. The van der Waals surface area contributed by atoms with Crippen LogP contribution in [0.1, 0.15) is 24.5 Å². The molecule has 0 saturated heterocycles. The summed E-state index contributed by atoms with van der Waals surface area (Å²) < 4.78 is 0. The second kappa shape index (κ2) is 5.09. The lowest BCUT2D eigenvalue weighted by Gasteiger charge is -2.42. The highest BCUT2D eigenvalue weighted by Gasteiger charge is 2.42. The van der Waals surface area contributed by atoms with Crippen LogP contribution in [0.2, 0.25) is 0 Å². The van der Waals surface area contributed by atoms with Gasteiger partial charge in [-0.15, -0.1) is 0 Å². The van der Waals surface area contributed by atoms with E-state index in [1.807, 2.05) is 12.4 Å². The summed E-state index contributed by atoms with van der Waals surface area (Å²) in [7, 11) is 0. The molecule has 5 heteroatoms. The van der Waals surface area contributed by atoms with E-state index < -0.39 is 0 Å². The van der Waals surface area contributed by atoms with Crippen LogP contribution in [0.25, 0.3) is 11.1 Å². The van der Waals surface area contributed by atoms with Crippen molar-refractivity contribution in [2.45, 2.75) is 25.3 Å². The molecule has 0 fully saturated rings. The van der Waals surface area contributed by atoms with Gasteiger partial charge < -0.3 is 5.73 Å². The van der Waals surface area contributed by atoms with Gasteiger partial charge >= 0.3 is 0 Å². The van der Waals surface area contributed by atoms with E-state index in [9.17, 15) is 0 Å². The van der Waals surface area contributed by atoms with E-state index in [1.54, 1.807) is 18.1 Å². The van der Waals surface area contributed by atoms with Gasteiger partial charge in [0.2, 0.25) is 0 Å². The third-order valence-corrected chi connectivity index (χ3v) is 5.84. The molecule has 0 radical (unpaired) electrons. The van der Waals surface area contributed by atoms with Crippen LogP contribution in [0.5, 0.6) is 0 Å². The third kappa shape index (κ3) is 2.11. The average molecular weight is 310 g/mol. The summed E-state index contributed by atoms with van der Waals surface area (Å²) in [6.07, 6.45) is 7.57. The largest absolute Gasteiger partial charge is 0.379 e. The Morgan fingerprint density at radius 2 is 2.05 bits per heavy atom. The van der Waals surface area contributed by atoms with E-state index in [1.165, 1.54) is 17.5 Å². The maximum Gasteiger partial charge on any atom is 0.154 e. The second-order valence-electron chi connectivity index (χ2n) is 6.14. The number of nitrogens with zero attached hydrogens (tertiary/aromatic N) is 3. The highest BCUT2D eigenvalue weighted by molar-refractivity contribution is 8.13. The summed E-state index contributed by atoms with van der Waals surface area (Å²) in [6, 6.07) is 6.64. The standard InChI is InChI=1S/C17H18N4S/c1-17-14(9-22-16(18)21-17)5-4-11-2-3-12(6-15(11)17)13-7-19-10-20-8-13/h2-3,6-8,10,14H,4-5,9H2,1H3,(H2,18,21)/t14-,17+/m1/s1. The molecule has 0 spiro atoms. The van der Waals surface area contributed by atoms with Crippen molar-refractivity contribution in [3.63, 3.8) is 0 Å². The fraction of sp³-hybridized carbons (Fsp3) is 0.353. The van der Waals surface area contributed by atoms with Gasteiger partial charge in [-0.1, -0.05) is 23.9 Å². The Kier molecular flexibility index (Phi) is 3.18. The van der Waals surface area contributed by atoms with Crippen molar-refractivity contribution in [1.82, 2.24) is 9.97 Å². The first-order valence-corrected chi connectivity index (χ1v) is 8.52. The van der Waals surface area contributed by atoms with Crippen molar-refractivity contribution in [1.29, 1.82) is 0 Å². The van der Waals surface area contributed by atoms with Crippen LogP contribution >= 0.6 is 11.8 Å². The average Bonchev–Trinajstić information content (AvgIpc) is 2.55. The van der Waals surface area contributed by atoms with E-state index in [0.29, 0.717) is 11.1 Å². The molecule has 0 unspecified atom stereocenters. The van der Waals surface area contributed by atoms with Gasteiger partial charge in [0.05, 0.1) is 5.54 Å². The van der Waals surface area contributed by atoms with Crippen molar-refractivity contribution in [3.8, 4) is 11.1 Å². The molecular weight excluding hydrogens is 292 g/mol. The predicted octanol–water partition coefficient (Wildman–Crippen LogP) is 2.98. The van der Waals surface area contributed by atoms with Gasteiger partial charge in [-0.3, -0.25) is 4.99 Å². The first-order chi connectivity index (χ1) is 10.7. The minimum Gasteiger partial charge on any atom is -0.379 e. The van der Waals surface area contributed by atoms with E-state index in [4.69, 9.17) is 10.7 Å². The molecule has 0 saturated carbocycles. The van der Waals surface area contributed by atoms with E-state index >= 15 is 0 Å². The zero-order valence-corrected chi connectivity index (χ0v) is 13.3. The minimum atomic E-state index is -0.200. The van der Waals surface area contributed by atoms with Crippen LogP contribution in [0, 0.1) is 5.92 Å². The fourth-order valence-corrected chi connectivity index (χ4v) is 4.69. The molecule has 112 valence electrons. The van der Waals surface area contributed by atoms with Gasteiger partial charge in [0.25, 0.3) is 0 Å². The number of thioether (sulfide) groups is 1. The smallest absolute Gasteiger partial charge is 0.154 e. The molecular formula is C17H18N4S. The molecule has 1 aromatic heterocycles. The molecule has 0 bridgehead atoms. The molecule has 4 rings (SSSR count). The Morgan fingerprint density at radius 3 is 2.86 bits per heavy atom. The number of amidine groups is 1. The van der Waals surface area contributed by atoms with Gasteiger partial charge in [0, 0.05) is 23.7 Å². The predicted molar refractivity (Wildman–Crippen MR) is 90.7 cm³/mol. The van der Waals surface area contributed by atoms with Crippen LogP contribution < -0.4 is 5.73 Å². The Balaban J connectivity index is 1.87. The van der Waals surface area contributed by atoms with Gasteiger partial charge in [0.15, 0.2) is 5.17 Å². The Bertz CT molecular complexity index is 744. The number of rotatable bonds is 1. The summed E-state index contributed by atoms with van der Waals surface area (Å²) in [6.45, 7) is 2.23. The molecule has 0 amide bonds. The Morgan fingerprint density at radius 1 is 1.23 bits per heavy atom. The molecule has 2 N–H and O–H groups in total. The highest BCUT2D eigenvalue weighted by Crippen LogP contribution is 2.47. The maximum absolute atomic E-state index is 6.03. The number of nitrogens with two attached hydrogens (primary N) is 1. The molecule has 4 nitrogen and oxygen atoms in total. The Hall–Kier alpha value is -1.88. The molecule has 2 heterocycles. The molecule has 1 aliphatic heterocycles. The number of aliphatic imine (C=N–C) groups is 1. The number of hydrogen-bond acceptors (Lipinski definition) is 5. The van der Waals surface area contributed by atoms with Gasteiger partial charge in [-0.05, 0) is 48.4 Å². The summed E-state index contributed by atoms with van der Waals surface area (Å²) in [5.41, 5.74) is 10.7. The molecule has 2 atom stereocenters. The van der Waals surface area contributed by atoms with Gasteiger partial charge in [0.1, 0.15) is 6.33 Å². The Labute approximate surface area is 134 Å². The van der Waals surface area contributed by atoms with Crippen molar-refractivity contribution in [3.05, 3.63) is 48.0 Å². The summed E-state index contributed by atoms with van der Waals surface area (Å²) in [5.74, 6) is 1.61. The zero-order valence-electron chi connectivity index (χ0n) is 12.5. The van der Waals surface area contributed by atoms with Crippen LogP contribution in [-0.2, 0) is 12.0 Å². The molecule has 1 aliphatic carbocycles. The first kappa shape index (κ1) is 13.8. The SMILES string of the molecule is C[C@]12N=C(N)SC[C@H]1CCc1ccc(-c3cncnc3)cc12. The number of benzene rings is 1. The number of hydrogen-bond donors (Lipinski definition) is 1. The van der Waals surface area contributed by atoms with Crippen LogP contribution in [0.3, 0.4) is 0 Å². The monoisotopic (exact) mass is 310 g/mol. The first-order valence-electron chi connectivity index (χ1n) is 7.54. The summed E-state index contributed by atoms with van der Waals surface area (Å²) in [4.78, 5) is 13.1. The van der Waals surface area contributed by atoms with Crippen molar-refractivity contribution >= 4 is 16.9 Å². The summed E-state index contributed by atoms with van der Waals surface area (Å²) in [5, 5.41) is 0.708. The molecule has 1 aromatic carbocycles. The minimum absolute atomic E-state index is 0.200. The normalized spacial score (nSPS) is 26.8. The lowest BCUT2D eigenvalue weighted by Crippen LogP contribution is -2.41. The van der Waals surface area contributed by atoms with Crippen molar-refractivity contribution in [2.24, 2.45) is 16.6 Å². The van der Waals surface area contributed by atoms with Crippen LogP contribution in [0.4, 0.5) is 0 Å². The molecule has 22 heavy (non-hydrogen) atoms. The van der Waals surface area contributed by atoms with Crippen LogP contribution in [-0.4, -0.2) is 20.9 Å². The molecule has 2 aliphatic rings. The summed E-state index contributed by atoms with van der Waals surface area (Å²) >= 11 is 1.69. The van der Waals surface area contributed by atoms with Crippen LogP contribution in [0.15, 0.2) is 41.9 Å².